The fourth-order valence-corrected chi connectivity index (χ4v) is 2.15. The van der Waals surface area contributed by atoms with Gasteiger partial charge in [-0.2, -0.15) is 0 Å². The molecule has 1 atom stereocenters. The third-order valence-electron chi connectivity index (χ3n) is 3.30. The van der Waals surface area contributed by atoms with Gasteiger partial charge in [-0.1, -0.05) is 6.07 Å². The molecule has 96 valence electrons. The Morgan fingerprint density at radius 1 is 1.22 bits per heavy atom. The van der Waals surface area contributed by atoms with Gasteiger partial charge in [-0.3, -0.25) is 0 Å². The lowest BCUT2D eigenvalue weighted by atomic mass is 9.98. The maximum atomic E-state index is 13.3. The molecule has 0 fully saturated rings. The minimum Gasteiger partial charge on any atom is -0.467 e. The molecule has 1 aromatic heterocycles. The van der Waals surface area contributed by atoms with Crippen LogP contribution in [-0.2, 0) is 6.42 Å². The number of hydrogen-bond acceptors (Lipinski definition) is 2. The molecule has 2 rings (SSSR count). The standard InChI is InChI=1S/C15H18FNO/c1-10-4-5-13(16)8-12(10)9-14(17-3)15-11(2)6-7-18-15/h4-8,14,17H,9H2,1-3H3. The number of halogens is 1. The molecule has 0 radical (unpaired) electrons. The van der Waals surface area contributed by atoms with Crippen molar-refractivity contribution >= 4 is 0 Å². The van der Waals surface area contributed by atoms with Crippen molar-refractivity contribution in [2.75, 3.05) is 7.05 Å². The second-order valence-corrected chi connectivity index (χ2v) is 4.58. The quantitative estimate of drug-likeness (QED) is 0.894. The number of hydrogen-bond donors (Lipinski definition) is 1. The summed E-state index contributed by atoms with van der Waals surface area (Å²) >= 11 is 0. The van der Waals surface area contributed by atoms with Crippen molar-refractivity contribution in [1.82, 2.24) is 5.32 Å². The zero-order valence-corrected chi connectivity index (χ0v) is 11.0. The van der Waals surface area contributed by atoms with E-state index in [4.69, 9.17) is 4.42 Å². The smallest absolute Gasteiger partial charge is 0.123 e. The first-order valence-corrected chi connectivity index (χ1v) is 6.08. The van der Waals surface area contributed by atoms with Gasteiger partial charge in [-0.15, -0.1) is 0 Å². The molecule has 3 heteroatoms. The Kier molecular flexibility index (Phi) is 3.82. The zero-order valence-electron chi connectivity index (χ0n) is 11.0. The summed E-state index contributed by atoms with van der Waals surface area (Å²) in [7, 11) is 1.89. The van der Waals surface area contributed by atoms with Crippen molar-refractivity contribution in [3.8, 4) is 0 Å². The summed E-state index contributed by atoms with van der Waals surface area (Å²) < 4.78 is 18.8. The minimum atomic E-state index is -0.193. The maximum Gasteiger partial charge on any atom is 0.123 e. The van der Waals surface area contributed by atoms with Crippen molar-refractivity contribution < 1.29 is 8.81 Å². The first-order valence-electron chi connectivity index (χ1n) is 6.08. The summed E-state index contributed by atoms with van der Waals surface area (Å²) in [5, 5.41) is 3.22. The molecule has 1 heterocycles. The molecule has 2 nitrogen and oxygen atoms in total. The van der Waals surface area contributed by atoms with Gasteiger partial charge in [-0.05, 0) is 62.2 Å². The maximum absolute atomic E-state index is 13.3. The molecular weight excluding hydrogens is 229 g/mol. The highest BCUT2D eigenvalue weighted by molar-refractivity contribution is 5.29. The third kappa shape index (κ3) is 2.62. The van der Waals surface area contributed by atoms with Crippen LogP contribution in [0.15, 0.2) is 34.9 Å². The van der Waals surface area contributed by atoms with Gasteiger partial charge < -0.3 is 9.73 Å². The number of rotatable bonds is 4. The number of furan rings is 1. The van der Waals surface area contributed by atoms with Gasteiger partial charge in [0, 0.05) is 0 Å². The normalized spacial score (nSPS) is 12.7. The molecule has 0 saturated carbocycles. The number of aryl methyl sites for hydroxylation is 2. The van der Waals surface area contributed by atoms with E-state index in [1.807, 2.05) is 33.0 Å². The molecule has 1 unspecified atom stereocenters. The lowest BCUT2D eigenvalue weighted by Crippen LogP contribution is -2.19. The van der Waals surface area contributed by atoms with E-state index in [1.54, 1.807) is 12.3 Å². The Morgan fingerprint density at radius 2 is 2.00 bits per heavy atom. The Bertz CT molecular complexity index is 533. The largest absolute Gasteiger partial charge is 0.467 e. The summed E-state index contributed by atoms with van der Waals surface area (Å²) in [6.45, 7) is 4.01. The van der Waals surface area contributed by atoms with E-state index in [1.165, 1.54) is 6.07 Å². The zero-order chi connectivity index (χ0) is 13.1. The molecule has 2 aromatic rings. The number of benzene rings is 1. The van der Waals surface area contributed by atoms with Crippen molar-refractivity contribution in [3.63, 3.8) is 0 Å². The van der Waals surface area contributed by atoms with Crippen LogP contribution in [0.2, 0.25) is 0 Å². The second-order valence-electron chi connectivity index (χ2n) is 4.58. The fraction of sp³-hybridized carbons (Fsp3) is 0.333. The van der Waals surface area contributed by atoms with Crippen molar-refractivity contribution in [2.45, 2.75) is 26.3 Å². The Morgan fingerprint density at radius 3 is 2.61 bits per heavy atom. The molecule has 0 bridgehead atoms. The highest BCUT2D eigenvalue weighted by Crippen LogP contribution is 2.24. The van der Waals surface area contributed by atoms with Gasteiger partial charge in [0.15, 0.2) is 0 Å². The van der Waals surface area contributed by atoms with Gasteiger partial charge in [0.2, 0.25) is 0 Å². The molecule has 0 aliphatic carbocycles. The number of nitrogens with one attached hydrogen (secondary N) is 1. The second kappa shape index (κ2) is 5.36. The van der Waals surface area contributed by atoms with Crippen LogP contribution >= 0.6 is 0 Å². The van der Waals surface area contributed by atoms with Crippen LogP contribution in [0, 0.1) is 19.7 Å². The Hall–Kier alpha value is -1.61. The highest BCUT2D eigenvalue weighted by Gasteiger charge is 2.17. The average Bonchev–Trinajstić information content (AvgIpc) is 2.77. The van der Waals surface area contributed by atoms with Crippen LogP contribution < -0.4 is 5.32 Å². The van der Waals surface area contributed by atoms with Gasteiger partial charge in [0.25, 0.3) is 0 Å². The molecular formula is C15H18FNO. The van der Waals surface area contributed by atoms with Gasteiger partial charge in [-0.25, -0.2) is 4.39 Å². The van der Waals surface area contributed by atoms with E-state index >= 15 is 0 Å². The van der Waals surface area contributed by atoms with Crippen molar-refractivity contribution in [2.24, 2.45) is 0 Å². The summed E-state index contributed by atoms with van der Waals surface area (Å²) in [4.78, 5) is 0. The fourth-order valence-electron chi connectivity index (χ4n) is 2.15. The van der Waals surface area contributed by atoms with E-state index in [9.17, 15) is 4.39 Å². The van der Waals surface area contributed by atoms with Gasteiger partial charge in [0.1, 0.15) is 11.6 Å². The molecule has 0 aliphatic heterocycles. The van der Waals surface area contributed by atoms with Crippen LogP contribution in [-0.4, -0.2) is 7.05 Å². The van der Waals surface area contributed by atoms with Gasteiger partial charge >= 0.3 is 0 Å². The predicted octanol–water partition coefficient (Wildman–Crippen LogP) is 3.54. The molecule has 0 amide bonds. The van der Waals surface area contributed by atoms with Gasteiger partial charge in [0.05, 0.1) is 12.3 Å². The molecule has 1 aromatic carbocycles. The third-order valence-corrected chi connectivity index (χ3v) is 3.30. The Labute approximate surface area is 107 Å². The summed E-state index contributed by atoms with van der Waals surface area (Å²) in [5.74, 6) is 0.725. The monoisotopic (exact) mass is 247 g/mol. The summed E-state index contributed by atoms with van der Waals surface area (Å²) in [5.41, 5.74) is 3.22. The van der Waals surface area contributed by atoms with E-state index in [-0.39, 0.29) is 11.9 Å². The van der Waals surface area contributed by atoms with Crippen LogP contribution in [0.4, 0.5) is 4.39 Å². The van der Waals surface area contributed by atoms with E-state index in [0.717, 1.165) is 22.5 Å². The van der Waals surface area contributed by atoms with Crippen LogP contribution in [0.3, 0.4) is 0 Å². The first-order chi connectivity index (χ1) is 8.61. The van der Waals surface area contributed by atoms with Crippen molar-refractivity contribution in [1.29, 1.82) is 0 Å². The molecule has 0 saturated heterocycles. The van der Waals surface area contributed by atoms with Crippen LogP contribution in [0.5, 0.6) is 0 Å². The summed E-state index contributed by atoms with van der Waals surface area (Å²) in [6, 6.07) is 6.91. The van der Waals surface area contributed by atoms with E-state index < -0.39 is 0 Å². The topological polar surface area (TPSA) is 25.2 Å². The highest BCUT2D eigenvalue weighted by atomic mass is 19.1. The number of likely N-dealkylation sites (N-methyl/N-ethyl adjacent to an activating group) is 1. The Balaban J connectivity index is 2.26. The van der Waals surface area contributed by atoms with E-state index in [0.29, 0.717) is 6.42 Å². The van der Waals surface area contributed by atoms with Crippen LogP contribution in [0.25, 0.3) is 0 Å². The SMILES string of the molecule is CNC(Cc1cc(F)ccc1C)c1occc1C. The lowest BCUT2D eigenvalue weighted by Gasteiger charge is -2.16. The molecule has 18 heavy (non-hydrogen) atoms. The summed E-state index contributed by atoms with van der Waals surface area (Å²) in [6.07, 6.45) is 2.40. The predicted molar refractivity (Wildman–Crippen MR) is 70.1 cm³/mol. The van der Waals surface area contributed by atoms with Crippen molar-refractivity contribution in [3.05, 3.63) is 58.8 Å². The first kappa shape index (κ1) is 12.8. The minimum absolute atomic E-state index is 0.0699. The van der Waals surface area contributed by atoms with E-state index in [2.05, 4.69) is 5.32 Å². The van der Waals surface area contributed by atoms with Crippen LogP contribution in [0.1, 0.15) is 28.5 Å². The molecule has 1 N–H and O–H groups in total. The average molecular weight is 247 g/mol. The molecule has 0 aliphatic rings. The lowest BCUT2D eigenvalue weighted by molar-refractivity contribution is 0.426. The molecule has 0 spiro atoms.